The van der Waals surface area contributed by atoms with Crippen LogP contribution in [0.15, 0.2) is 0 Å². The largest absolute Gasteiger partial charge is 0.342 e. The SMILES string of the molecule is CB1CCCCN1CC(C)C. The third kappa shape index (κ3) is 2.86. The molecule has 2 heteroatoms. The van der Waals surface area contributed by atoms with Crippen LogP contribution in [0.5, 0.6) is 0 Å². The molecule has 11 heavy (non-hydrogen) atoms. The Morgan fingerprint density at radius 3 is 2.64 bits per heavy atom. The maximum absolute atomic E-state index is 2.63. The molecular formula is C9H20BN. The van der Waals surface area contributed by atoms with E-state index in [0.717, 1.165) is 12.8 Å². The van der Waals surface area contributed by atoms with Crippen molar-refractivity contribution in [2.24, 2.45) is 5.92 Å². The van der Waals surface area contributed by atoms with Crippen molar-refractivity contribution in [3.8, 4) is 0 Å². The lowest BCUT2D eigenvalue weighted by molar-refractivity contribution is 0.352. The fraction of sp³-hybridized carbons (Fsp3) is 1.00. The Morgan fingerprint density at radius 2 is 2.09 bits per heavy atom. The summed E-state index contributed by atoms with van der Waals surface area (Å²) in [4.78, 5) is 2.63. The molecule has 0 spiro atoms. The molecule has 0 saturated carbocycles. The minimum Gasteiger partial charge on any atom is -0.342 e. The van der Waals surface area contributed by atoms with Crippen LogP contribution >= 0.6 is 0 Å². The third-order valence-corrected chi connectivity index (χ3v) is 2.54. The second-order valence-corrected chi connectivity index (χ2v) is 4.23. The van der Waals surface area contributed by atoms with E-state index in [-0.39, 0.29) is 0 Å². The monoisotopic (exact) mass is 153 g/mol. The summed E-state index contributed by atoms with van der Waals surface area (Å²) in [5, 5.41) is 0. The molecule has 0 aliphatic carbocycles. The van der Waals surface area contributed by atoms with Gasteiger partial charge in [-0.15, -0.1) is 0 Å². The molecule has 0 aromatic carbocycles. The lowest BCUT2D eigenvalue weighted by Gasteiger charge is -2.32. The zero-order valence-corrected chi connectivity index (χ0v) is 8.14. The first kappa shape index (κ1) is 9.12. The van der Waals surface area contributed by atoms with Gasteiger partial charge < -0.3 is 4.81 Å². The molecule has 0 amide bonds. The first-order chi connectivity index (χ1) is 5.20. The molecule has 1 nitrogen and oxygen atoms in total. The van der Waals surface area contributed by atoms with Gasteiger partial charge in [0.05, 0.1) is 0 Å². The van der Waals surface area contributed by atoms with Gasteiger partial charge in [0.2, 0.25) is 6.85 Å². The first-order valence-electron chi connectivity index (χ1n) is 4.94. The van der Waals surface area contributed by atoms with Gasteiger partial charge in [0.15, 0.2) is 0 Å². The van der Waals surface area contributed by atoms with Crippen molar-refractivity contribution >= 4 is 6.85 Å². The van der Waals surface area contributed by atoms with Crippen molar-refractivity contribution in [2.75, 3.05) is 13.1 Å². The summed E-state index contributed by atoms with van der Waals surface area (Å²) in [6.07, 6.45) is 4.26. The summed E-state index contributed by atoms with van der Waals surface area (Å²) in [5.74, 6) is 0.829. The van der Waals surface area contributed by atoms with Gasteiger partial charge in [0, 0.05) is 0 Å². The molecule has 64 valence electrons. The minimum atomic E-state index is 0.829. The molecule has 0 aromatic rings. The highest BCUT2D eigenvalue weighted by Gasteiger charge is 2.21. The fourth-order valence-corrected chi connectivity index (χ4v) is 1.90. The summed E-state index contributed by atoms with van der Waals surface area (Å²) >= 11 is 0. The third-order valence-electron chi connectivity index (χ3n) is 2.54. The van der Waals surface area contributed by atoms with Crippen LogP contribution in [0, 0.1) is 5.92 Å². The van der Waals surface area contributed by atoms with Crippen molar-refractivity contribution in [3.63, 3.8) is 0 Å². The maximum atomic E-state index is 2.63. The summed E-state index contributed by atoms with van der Waals surface area (Å²) in [6, 6.07) is 0. The van der Waals surface area contributed by atoms with Crippen LogP contribution in [0.25, 0.3) is 0 Å². The molecule has 0 aromatic heterocycles. The molecule has 1 fully saturated rings. The molecule has 1 rings (SSSR count). The maximum Gasteiger partial charge on any atom is 0.219 e. The first-order valence-corrected chi connectivity index (χ1v) is 4.94. The molecule has 1 aliphatic rings. The van der Waals surface area contributed by atoms with Gasteiger partial charge in [0.1, 0.15) is 0 Å². The predicted octanol–water partition coefficient (Wildman–Crippen LogP) is 2.36. The van der Waals surface area contributed by atoms with E-state index in [1.54, 1.807) is 0 Å². The molecule has 0 N–H and O–H groups in total. The topological polar surface area (TPSA) is 3.24 Å². The minimum absolute atomic E-state index is 0.829. The van der Waals surface area contributed by atoms with Crippen LogP contribution < -0.4 is 0 Å². The van der Waals surface area contributed by atoms with Gasteiger partial charge in [-0.05, 0) is 25.4 Å². The highest BCUT2D eigenvalue weighted by molar-refractivity contribution is 6.54. The van der Waals surface area contributed by atoms with Crippen molar-refractivity contribution in [1.29, 1.82) is 0 Å². The highest BCUT2D eigenvalue weighted by Crippen LogP contribution is 2.15. The zero-order chi connectivity index (χ0) is 8.27. The van der Waals surface area contributed by atoms with Gasteiger partial charge in [-0.2, -0.15) is 0 Å². The van der Waals surface area contributed by atoms with Crippen LogP contribution in [0.1, 0.15) is 26.7 Å². The van der Waals surface area contributed by atoms with Gasteiger partial charge in [-0.3, -0.25) is 0 Å². The average Bonchev–Trinajstić information content (AvgIpc) is 1.93. The molecule has 0 bridgehead atoms. The van der Waals surface area contributed by atoms with E-state index in [4.69, 9.17) is 0 Å². The molecule has 1 aliphatic heterocycles. The van der Waals surface area contributed by atoms with Crippen molar-refractivity contribution in [3.05, 3.63) is 0 Å². The smallest absolute Gasteiger partial charge is 0.219 e. The van der Waals surface area contributed by atoms with E-state index in [9.17, 15) is 0 Å². The normalized spacial score (nSPS) is 21.3. The van der Waals surface area contributed by atoms with Crippen LogP contribution in [-0.2, 0) is 0 Å². The second-order valence-electron chi connectivity index (χ2n) is 4.23. The fourth-order valence-electron chi connectivity index (χ4n) is 1.90. The van der Waals surface area contributed by atoms with E-state index in [0.29, 0.717) is 0 Å². The number of hydrogen-bond acceptors (Lipinski definition) is 1. The standard InChI is InChI=1S/C9H20BN/c1-9(2)8-11-7-5-4-6-10(11)3/h9H,4-8H2,1-3H3. The van der Waals surface area contributed by atoms with Gasteiger partial charge in [-0.1, -0.05) is 33.4 Å². The summed E-state index contributed by atoms with van der Waals surface area (Å²) in [5.41, 5.74) is 0. The summed E-state index contributed by atoms with van der Waals surface area (Å²) in [6.45, 7) is 10.4. The number of nitrogens with zero attached hydrogens (tertiary/aromatic N) is 1. The Labute approximate surface area is 71.3 Å². The lowest BCUT2D eigenvalue weighted by atomic mass is 9.56. The molecule has 0 unspecified atom stereocenters. The lowest BCUT2D eigenvalue weighted by Crippen LogP contribution is -2.42. The van der Waals surface area contributed by atoms with Crippen molar-refractivity contribution < 1.29 is 0 Å². The number of rotatable bonds is 2. The van der Waals surface area contributed by atoms with E-state index < -0.39 is 0 Å². The Kier molecular flexibility index (Phi) is 3.44. The van der Waals surface area contributed by atoms with E-state index in [1.165, 1.54) is 32.3 Å². The van der Waals surface area contributed by atoms with Gasteiger partial charge in [-0.25, -0.2) is 0 Å². The van der Waals surface area contributed by atoms with E-state index >= 15 is 0 Å². The van der Waals surface area contributed by atoms with E-state index in [1.807, 2.05) is 0 Å². The average molecular weight is 153 g/mol. The molecule has 0 radical (unpaired) electrons. The van der Waals surface area contributed by atoms with Crippen LogP contribution in [0.3, 0.4) is 0 Å². The summed E-state index contributed by atoms with van der Waals surface area (Å²) < 4.78 is 0. The Hall–Kier alpha value is 0.0249. The van der Waals surface area contributed by atoms with Crippen LogP contribution in [-0.4, -0.2) is 24.7 Å². The van der Waals surface area contributed by atoms with Crippen molar-refractivity contribution in [2.45, 2.75) is 39.8 Å². The Bertz CT molecular complexity index is 114. The Balaban J connectivity index is 2.29. The zero-order valence-electron chi connectivity index (χ0n) is 8.14. The quantitative estimate of drug-likeness (QED) is 0.550. The summed E-state index contributed by atoms with van der Waals surface area (Å²) in [7, 11) is 0. The predicted molar refractivity (Wildman–Crippen MR) is 52.1 cm³/mol. The second kappa shape index (κ2) is 4.15. The Morgan fingerprint density at radius 1 is 1.36 bits per heavy atom. The molecule has 1 saturated heterocycles. The highest BCUT2D eigenvalue weighted by atomic mass is 15.1. The van der Waals surface area contributed by atoms with Crippen LogP contribution in [0.2, 0.25) is 13.1 Å². The van der Waals surface area contributed by atoms with Crippen molar-refractivity contribution in [1.82, 2.24) is 4.81 Å². The number of hydrogen-bond donors (Lipinski definition) is 0. The van der Waals surface area contributed by atoms with Gasteiger partial charge in [0.25, 0.3) is 0 Å². The molecule has 1 heterocycles. The van der Waals surface area contributed by atoms with Gasteiger partial charge >= 0.3 is 0 Å². The molecular weight excluding hydrogens is 133 g/mol. The van der Waals surface area contributed by atoms with E-state index in [2.05, 4.69) is 25.5 Å². The van der Waals surface area contributed by atoms with Crippen LogP contribution in [0.4, 0.5) is 0 Å². The molecule has 0 atom stereocenters.